The number of aryl methyl sites for hydroxylation is 2. The summed E-state index contributed by atoms with van der Waals surface area (Å²) in [4.78, 5) is 34.2. The van der Waals surface area contributed by atoms with Crippen molar-refractivity contribution < 1.29 is 9.59 Å². The Bertz CT molecular complexity index is 926. The molecule has 3 rings (SSSR count). The number of nitrogens with zero attached hydrogens (tertiary/aromatic N) is 2. The zero-order valence-electron chi connectivity index (χ0n) is 15.6. The molecule has 0 aromatic heterocycles. The molecule has 0 aliphatic heterocycles. The second kappa shape index (κ2) is 7.15. The van der Waals surface area contributed by atoms with Gasteiger partial charge < -0.3 is 11.5 Å². The van der Waals surface area contributed by atoms with Gasteiger partial charge in [0.25, 0.3) is 0 Å². The summed E-state index contributed by atoms with van der Waals surface area (Å²) in [5, 5.41) is 0. The van der Waals surface area contributed by atoms with E-state index in [0.717, 1.165) is 11.1 Å². The SMILES string of the molecule is Cc1cc(N)ccc1N=C1CC(=Nc2ccc(N)cc2C)C(=O)C(C)C1=O. The summed E-state index contributed by atoms with van der Waals surface area (Å²) in [6.45, 7) is 5.36. The lowest BCUT2D eigenvalue weighted by Crippen LogP contribution is -2.40. The number of rotatable bonds is 2. The second-order valence-electron chi connectivity index (χ2n) is 6.84. The first-order valence-corrected chi connectivity index (χ1v) is 8.72. The molecular formula is C21H22N4O2. The van der Waals surface area contributed by atoms with Crippen molar-refractivity contribution in [1.29, 1.82) is 0 Å². The van der Waals surface area contributed by atoms with Crippen LogP contribution >= 0.6 is 0 Å². The lowest BCUT2D eigenvalue weighted by molar-refractivity contribution is -0.125. The molecule has 27 heavy (non-hydrogen) atoms. The molecular weight excluding hydrogens is 340 g/mol. The van der Waals surface area contributed by atoms with Crippen LogP contribution in [0.4, 0.5) is 22.7 Å². The van der Waals surface area contributed by atoms with Gasteiger partial charge in [-0.2, -0.15) is 0 Å². The van der Waals surface area contributed by atoms with Gasteiger partial charge >= 0.3 is 0 Å². The largest absolute Gasteiger partial charge is 0.399 e. The Kier molecular flexibility index (Phi) is 4.90. The zero-order valence-corrected chi connectivity index (χ0v) is 15.6. The van der Waals surface area contributed by atoms with Crippen molar-refractivity contribution >= 4 is 45.7 Å². The average Bonchev–Trinajstić information content (AvgIpc) is 2.61. The molecule has 0 bridgehead atoms. The molecule has 0 saturated heterocycles. The maximum Gasteiger partial charge on any atom is 0.188 e. The Morgan fingerprint density at radius 1 is 0.815 bits per heavy atom. The van der Waals surface area contributed by atoms with Gasteiger partial charge in [-0.25, -0.2) is 9.98 Å². The van der Waals surface area contributed by atoms with Crippen molar-refractivity contribution in [3.8, 4) is 0 Å². The number of nitrogens with two attached hydrogens (primary N) is 2. The number of nitrogen functional groups attached to an aromatic ring is 2. The zero-order chi connectivity index (χ0) is 19.7. The Balaban J connectivity index is 2.02. The highest BCUT2D eigenvalue weighted by Gasteiger charge is 2.36. The quantitative estimate of drug-likeness (QED) is 0.629. The molecule has 0 unspecified atom stereocenters. The van der Waals surface area contributed by atoms with Crippen LogP contribution in [0.5, 0.6) is 0 Å². The summed E-state index contributed by atoms with van der Waals surface area (Å²) in [6, 6.07) is 10.6. The Morgan fingerprint density at radius 3 is 1.59 bits per heavy atom. The maximum absolute atomic E-state index is 12.6. The minimum atomic E-state index is -0.792. The Hall–Kier alpha value is -3.28. The molecule has 1 fully saturated rings. The highest BCUT2D eigenvalue weighted by molar-refractivity contribution is 6.62. The number of carbonyl (C=O) groups is 2. The van der Waals surface area contributed by atoms with Gasteiger partial charge in [0.2, 0.25) is 0 Å². The third-order valence-electron chi connectivity index (χ3n) is 4.64. The van der Waals surface area contributed by atoms with Crippen molar-refractivity contribution in [2.24, 2.45) is 15.9 Å². The van der Waals surface area contributed by atoms with Crippen LogP contribution in [0, 0.1) is 19.8 Å². The van der Waals surface area contributed by atoms with E-state index in [9.17, 15) is 9.59 Å². The Labute approximate surface area is 158 Å². The molecule has 1 saturated carbocycles. The number of Topliss-reactive ketones (excluding diaryl/α,β-unsaturated/α-hetero) is 2. The fourth-order valence-electron chi connectivity index (χ4n) is 3.04. The molecule has 0 heterocycles. The first-order valence-electron chi connectivity index (χ1n) is 8.72. The summed E-state index contributed by atoms with van der Waals surface area (Å²) in [5.74, 6) is -1.31. The van der Waals surface area contributed by atoms with E-state index >= 15 is 0 Å². The number of hydrogen-bond donors (Lipinski definition) is 2. The molecule has 6 nitrogen and oxygen atoms in total. The molecule has 1 aliphatic carbocycles. The molecule has 1 aliphatic rings. The first-order chi connectivity index (χ1) is 12.8. The van der Waals surface area contributed by atoms with Crippen LogP contribution in [0.2, 0.25) is 0 Å². The van der Waals surface area contributed by atoms with Crippen molar-refractivity contribution in [3.63, 3.8) is 0 Å². The van der Waals surface area contributed by atoms with Crippen LogP contribution in [-0.4, -0.2) is 23.0 Å². The van der Waals surface area contributed by atoms with E-state index in [4.69, 9.17) is 11.5 Å². The van der Waals surface area contributed by atoms with Gasteiger partial charge in [0, 0.05) is 17.8 Å². The maximum atomic E-state index is 12.6. The molecule has 0 amide bonds. The number of aliphatic imine (C=N–C) groups is 2. The van der Waals surface area contributed by atoms with Crippen LogP contribution in [-0.2, 0) is 9.59 Å². The van der Waals surface area contributed by atoms with Gasteiger partial charge in [0.05, 0.1) is 28.7 Å². The molecule has 0 radical (unpaired) electrons. The minimum Gasteiger partial charge on any atom is -0.399 e. The normalized spacial score (nSPS) is 20.5. The van der Waals surface area contributed by atoms with E-state index in [2.05, 4.69) is 9.98 Å². The van der Waals surface area contributed by atoms with Crippen molar-refractivity contribution in [3.05, 3.63) is 47.5 Å². The fourth-order valence-corrected chi connectivity index (χ4v) is 3.04. The van der Waals surface area contributed by atoms with Crippen LogP contribution in [0.15, 0.2) is 46.4 Å². The van der Waals surface area contributed by atoms with Crippen LogP contribution < -0.4 is 11.5 Å². The van der Waals surface area contributed by atoms with E-state index in [1.54, 1.807) is 43.3 Å². The topological polar surface area (TPSA) is 111 Å². The average molecular weight is 362 g/mol. The summed E-state index contributed by atoms with van der Waals surface area (Å²) in [6.07, 6.45) is 0.107. The summed E-state index contributed by atoms with van der Waals surface area (Å²) >= 11 is 0. The minimum absolute atomic E-state index is 0.107. The highest BCUT2D eigenvalue weighted by atomic mass is 16.2. The number of carbonyl (C=O) groups excluding carboxylic acids is 2. The van der Waals surface area contributed by atoms with Crippen LogP contribution in [0.3, 0.4) is 0 Å². The fraction of sp³-hybridized carbons (Fsp3) is 0.238. The highest BCUT2D eigenvalue weighted by Crippen LogP contribution is 2.26. The first kappa shape index (κ1) is 18.5. The number of anilines is 2. The number of hydrogen-bond acceptors (Lipinski definition) is 6. The van der Waals surface area contributed by atoms with Gasteiger partial charge in [-0.05, 0) is 68.3 Å². The molecule has 2 aromatic carbocycles. The van der Waals surface area contributed by atoms with Gasteiger partial charge in [-0.1, -0.05) is 0 Å². The summed E-state index contributed by atoms with van der Waals surface area (Å²) in [7, 11) is 0. The Morgan fingerprint density at radius 2 is 1.22 bits per heavy atom. The van der Waals surface area contributed by atoms with Gasteiger partial charge in [0.15, 0.2) is 11.6 Å². The van der Waals surface area contributed by atoms with Crippen molar-refractivity contribution in [2.45, 2.75) is 27.2 Å². The molecule has 0 spiro atoms. The van der Waals surface area contributed by atoms with Crippen molar-refractivity contribution in [1.82, 2.24) is 0 Å². The van der Waals surface area contributed by atoms with Gasteiger partial charge in [0.1, 0.15) is 0 Å². The van der Waals surface area contributed by atoms with E-state index in [1.165, 1.54) is 0 Å². The standard InChI is InChI=1S/C21H22N4O2/c1-11-8-14(22)4-6-16(11)24-18-10-19(21(27)13(3)20(18)26)25-17-7-5-15(23)9-12(17)2/h4-9,13H,10,22-23H2,1-3H3. The molecule has 2 aromatic rings. The predicted octanol–water partition coefficient (Wildman–Crippen LogP) is 3.49. The van der Waals surface area contributed by atoms with E-state index < -0.39 is 5.92 Å². The van der Waals surface area contributed by atoms with Gasteiger partial charge in [-0.15, -0.1) is 0 Å². The smallest absolute Gasteiger partial charge is 0.188 e. The van der Waals surface area contributed by atoms with Gasteiger partial charge in [-0.3, -0.25) is 9.59 Å². The summed E-state index contributed by atoms with van der Waals surface area (Å²) in [5.41, 5.74) is 16.6. The van der Waals surface area contributed by atoms with Crippen LogP contribution in [0.1, 0.15) is 24.5 Å². The molecule has 4 N–H and O–H groups in total. The van der Waals surface area contributed by atoms with E-state index in [-0.39, 0.29) is 18.0 Å². The summed E-state index contributed by atoms with van der Waals surface area (Å²) < 4.78 is 0. The lowest BCUT2D eigenvalue weighted by atomic mass is 9.85. The number of ketones is 2. The van der Waals surface area contributed by atoms with E-state index in [0.29, 0.717) is 34.2 Å². The molecule has 6 heteroatoms. The number of benzene rings is 2. The molecule has 138 valence electrons. The lowest BCUT2D eigenvalue weighted by Gasteiger charge is -2.20. The van der Waals surface area contributed by atoms with Crippen molar-refractivity contribution in [2.75, 3.05) is 11.5 Å². The van der Waals surface area contributed by atoms with Crippen LogP contribution in [0.25, 0.3) is 0 Å². The third-order valence-corrected chi connectivity index (χ3v) is 4.64. The monoisotopic (exact) mass is 362 g/mol. The predicted molar refractivity (Wildman–Crippen MR) is 109 cm³/mol. The second-order valence-corrected chi connectivity index (χ2v) is 6.84. The third kappa shape index (κ3) is 3.79. The molecule has 0 atom stereocenters. The van der Waals surface area contributed by atoms with E-state index in [1.807, 2.05) is 13.8 Å².